The largest absolute Gasteiger partial charge is 0.495 e. The lowest BCUT2D eigenvalue weighted by Crippen LogP contribution is -2.01. The fourth-order valence-corrected chi connectivity index (χ4v) is 2.45. The average Bonchev–Trinajstić information content (AvgIpc) is 2.37. The summed E-state index contributed by atoms with van der Waals surface area (Å²) in [5, 5.41) is 10.7. The Kier molecular flexibility index (Phi) is 4.45. The smallest absolute Gasteiger partial charge is 0.137 e. The van der Waals surface area contributed by atoms with Crippen molar-refractivity contribution in [1.82, 2.24) is 0 Å². The average molecular weight is 346 g/mol. The predicted octanol–water partition coefficient (Wildman–Crippen LogP) is 4.33. The first-order chi connectivity index (χ1) is 9.01. The fourth-order valence-electron chi connectivity index (χ4n) is 1.77. The van der Waals surface area contributed by atoms with Crippen molar-refractivity contribution >= 4 is 27.5 Å². The second-order valence-electron chi connectivity index (χ2n) is 4.00. The number of rotatable bonds is 3. The minimum atomic E-state index is -0.946. The van der Waals surface area contributed by atoms with Gasteiger partial charge < -0.3 is 9.84 Å². The highest BCUT2D eigenvalue weighted by molar-refractivity contribution is 9.10. The zero-order valence-corrected chi connectivity index (χ0v) is 12.4. The van der Waals surface area contributed by atoms with Crippen LogP contribution in [0.2, 0.25) is 5.02 Å². The molecule has 19 heavy (non-hydrogen) atoms. The van der Waals surface area contributed by atoms with E-state index in [1.54, 1.807) is 24.3 Å². The van der Waals surface area contributed by atoms with Crippen molar-refractivity contribution in [2.45, 2.75) is 6.10 Å². The summed E-state index contributed by atoms with van der Waals surface area (Å²) in [4.78, 5) is 0. The van der Waals surface area contributed by atoms with E-state index < -0.39 is 11.9 Å². The topological polar surface area (TPSA) is 29.5 Å². The van der Waals surface area contributed by atoms with E-state index in [-0.39, 0.29) is 0 Å². The number of aliphatic hydroxyl groups is 1. The maximum absolute atomic E-state index is 13.3. The van der Waals surface area contributed by atoms with E-state index in [0.717, 1.165) is 0 Å². The molecule has 0 aliphatic carbocycles. The fraction of sp³-hybridized carbons (Fsp3) is 0.143. The van der Waals surface area contributed by atoms with Crippen LogP contribution in [0.4, 0.5) is 4.39 Å². The van der Waals surface area contributed by atoms with Gasteiger partial charge in [-0.1, -0.05) is 33.6 Å². The van der Waals surface area contributed by atoms with Crippen molar-refractivity contribution < 1.29 is 14.2 Å². The Morgan fingerprint density at radius 2 is 1.95 bits per heavy atom. The van der Waals surface area contributed by atoms with Crippen LogP contribution in [0.5, 0.6) is 5.75 Å². The lowest BCUT2D eigenvalue weighted by Gasteiger charge is -2.14. The first-order valence-corrected chi connectivity index (χ1v) is 6.66. The molecule has 0 saturated heterocycles. The summed E-state index contributed by atoms with van der Waals surface area (Å²) in [5.74, 6) is 0.0537. The highest BCUT2D eigenvalue weighted by atomic mass is 79.9. The summed E-state index contributed by atoms with van der Waals surface area (Å²) in [7, 11) is 1.50. The second-order valence-corrected chi connectivity index (χ2v) is 5.32. The second kappa shape index (κ2) is 5.90. The van der Waals surface area contributed by atoms with E-state index >= 15 is 0 Å². The molecule has 2 rings (SSSR count). The van der Waals surface area contributed by atoms with Gasteiger partial charge in [-0.3, -0.25) is 0 Å². The third-order valence-electron chi connectivity index (χ3n) is 2.69. The molecule has 100 valence electrons. The molecule has 2 aromatic carbocycles. The first kappa shape index (κ1) is 14.3. The van der Waals surface area contributed by atoms with Crippen molar-refractivity contribution in [3.05, 3.63) is 62.8 Å². The van der Waals surface area contributed by atoms with E-state index in [0.29, 0.717) is 26.4 Å². The van der Waals surface area contributed by atoms with Crippen LogP contribution < -0.4 is 4.74 Å². The van der Waals surface area contributed by atoms with Crippen LogP contribution in [-0.4, -0.2) is 12.2 Å². The maximum atomic E-state index is 13.3. The van der Waals surface area contributed by atoms with E-state index in [9.17, 15) is 9.50 Å². The van der Waals surface area contributed by atoms with Gasteiger partial charge in [-0.05, 0) is 41.5 Å². The molecular weight excluding hydrogens is 335 g/mol. The minimum Gasteiger partial charge on any atom is -0.495 e. The highest BCUT2D eigenvalue weighted by Crippen LogP contribution is 2.31. The van der Waals surface area contributed by atoms with Gasteiger partial charge in [0.15, 0.2) is 0 Å². The molecule has 2 aromatic rings. The van der Waals surface area contributed by atoms with Gasteiger partial charge in [-0.15, -0.1) is 0 Å². The molecule has 5 heteroatoms. The molecule has 0 aliphatic rings. The summed E-state index contributed by atoms with van der Waals surface area (Å²) < 4.78 is 19.0. The third kappa shape index (κ3) is 3.26. The van der Waals surface area contributed by atoms with Crippen LogP contribution in [0.15, 0.2) is 40.9 Å². The van der Waals surface area contributed by atoms with Gasteiger partial charge in [0.1, 0.15) is 17.7 Å². The molecule has 0 heterocycles. The standard InChI is InChI=1S/C14H11BrClFO2/c1-19-13-6-8(2-3-12(13)16)14(18)9-4-10(15)7-11(17)5-9/h2-7,14,18H,1H3. The number of hydrogen-bond donors (Lipinski definition) is 1. The van der Waals surface area contributed by atoms with E-state index in [1.807, 2.05) is 0 Å². The minimum absolute atomic E-state index is 0.413. The van der Waals surface area contributed by atoms with Gasteiger partial charge in [0.2, 0.25) is 0 Å². The van der Waals surface area contributed by atoms with Crippen LogP contribution >= 0.6 is 27.5 Å². The summed E-state index contributed by atoms with van der Waals surface area (Å²) >= 11 is 9.12. The van der Waals surface area contributed by atoms with Crippen LogP contribution in [0, 0.1) is 5.82 Å². The van der Waals surface area contributed by atoms with Gasteiger partial charge in [0, 0.05) is 4.47 Å². The van der Waals surface area contributed by atoms with Gasteiger partial charge in [0.05, 0.1) is 12.1 Å². The molecular formula is C14H11BrClFO2. The maximum Gasteiger partial charge on any atom is 0.137 e. The summed E-state index contributed by atoms with van der Waals surface area (Å²) in [6, 6.07) is 9.22. The quantitative estimate of drug-likeness (QED) is 0.897. The van der Waals surface area contributed by atoms with Crippen LogP contribution in [-0.2, 0) is 0 Å². The molecule has 0 amide bonds. The summed E-state index contributed by atoms with van der Waals surface area (Å²) in [5.41, 5.74) is 1.04. The van der Waals surface area contributed by atoms with E-state index in [4.69, 9.17) is 16.3 Å². The number of ether oxygens (including phenoxy) is 1. The normalized spacial score (nSPS) is 12.3. The number of halogens is 3. The molecule has 1 atom stereocenters. The van der Waals surface area contributed by atoms with Crippen molar-refractivity contribution in [3.8, 4) is 5.75 Å². The Morgan fingerprint density at radius 1 is 1.21 bits per heavy atom. The Bertz CT molecular complexity index is 584. The molecule has 2 nitrogen and oxygen atoms in total. The van der Waals surface area contributed by atoms with E-state index in [2.05, 4.69) is 15.9 Å². The Hall–Kier alpha value is -1.10. The highest BCUT2D eigenvalue weighted by Gasteiger charge is 2.14. The number of benzene rings is 2. The van der Waals surface area contributed by atoms with Crippen molar-refractivity contribution in [2.24, 2.45) is 0 Å². The van der Waals surface area contributed by atoms with Crippen LogP contribution in [0.1, 0.15) is 17.2 Å². The molecule has 0 fully saturated rings. The SMILES string of the molecule is COc1cc(C(O)c2cc(F)cc(Br)c2)ccc1Cl. The van der Waals surface area contributed by atoms with Gasteiger partial charge in [-0.25, -0.2) is 4.39 Å². The summed E-state index contributed by atoms with van der Waals surface area (Å²) in [6.45, 7) is 0. The Balaban J connectivity index is 2.40. The van der Waals surface area contributed by atoms with Crippen molar-refractivity contribution in [3.63, 3.8) is 0 Å². The Labute approximate surface area is 123 Å². The van der Waals surface area contributed by atoms with Crippen LogP contribution in [0.25, 0.3) is 0 Å². The summed E-state index contributed by atoms with van der Waals surface area (Å²) in [6.07, 6.45) is -0.946. The van der Waals surface area contributed by atoms with Crippen molar-refractivity contribution in [1.29, 1.82) is 0 Å². The first-order valence-electron chi connectivity index (χ1n) is 5.48. The van der Waals surface area contributed by atoms with Crippen LogP contribution in [0.3, 0.4) is 0 Å². The van der Waals surface area contributed by atoms with Crippen molar-refractivity contribution in [2.75, 3.05) is 7.11 Å². The lowest BCUT2D eigenvalue weighted by molar-refractivity contribution is 0.219. The molecule has 0 bridgehead atoms. The number of hydrogen-bond acceptors (Lipinski definition) is 2. The number of methoxy groups -OCH3 is 1. The monoisotopic (exact) mass is 344 g/mol. The van der Waals surface area contributed by atoms with E-state index in [1.165, 1.54) is 19.2 Å². The van der Waals surface area contributed by atoms with Gasteiger partial charge in [-0.2, -0.15) is 0 Å². The number of aliphatic hydroxyl groups excluding tert-OH is 1. The molecule has 1 unspecified atom stereocenters. The zero-order valence-electron chi connectivity index (χ0n) is 10.0. The predicted molar refractivity (Wildman–Crippen MR) is 76.2 cm³/mol. The zero-order chi connectivity index (χ0) is 14.0. The Morgan fingerprint density at radius 3 is 2.58 bits per heavy atom. The molecule has 0 aromatic heterocycles. The molecule has 0 radical (unpaired) electrons. The molecule has 0 aliphatic heterocycles. The van der Waals surface area contributed by atoms with Gasteiger partial charge >= 0.3 is 0 Å². The molecule has 0 spiro atoms. The lowest BCUT2D eigenvalue weighted by atomic mass is 10.0. The molecule has 0 saturated carbocycles. The van der Waals surface area contributed by atoms with Gasteiger partial charge in [0.25, 0.3) is 0 Å². The molecule has 1 N–H and O–H groups in total. The third-order valence-corrected chi connectivity index (χ3v) is 3.46.